The molecule has 28 heavy (non-hydrogen) atoms. The molecule has 1 aromatic rings. The lowest BCUT2D eigenvalue weighted by atomic mass is 9.97. The van der Waals surface area contributed by atoms with Crippen LogP contribution in [0.1, 0.15) is 44.3 Å². The largest absolute Gasteiger partial charge is 0.434 e. The maximum absolute atomic E-state index is 12.6. The van der Waals surface area contributed by atoms with Crippen molar-refractivity contribution in [1.82, 2.24) is 20.5 Å². The first-order chi connectivity index (χ1) is 12.8. The minimum absolute atomic E-state index is 0. The lowest BCUT2D eigenvalue weighted by molar-refractivity contribution is -0.140. The van der Waals surface area contributed by atoms with E-state index in [0.717, 1.165) is 42.9 Å². The lowest BCUT2D eigenvalue weighted by Gasteiger charge is -2.34. The smallest absolute Gasteiger partial charge is 0.357 e. The van der Waals surface area contributed by atoms with Gasteiger partial charge >= 0.3 is 6.18 Å². The van der Waals surface area contributed by atoms with Gasteiger partial charge in [-0.1, -0.05) is 13.8 Å². The van der Waals surface area contributed by atoms with E-state index < -0.39 is 11.9 Å². The number of alkyl halides is 3. The van der Waals surface area contributed by atoms with Crippen LogP contribution in [0.15, 0.2) is 10.4 Å². The minimum Gasteiger partial charge on any atom is -0.357 e. The Kier molecular flexibility index (Phi) is 11.0. The van der Waals surface area contributed by atoms with Crippen molar-refractivity contribution in [3.05, 3.63) is 16.1 Å². The Morgan fingerprint density at radius 1 is 1.39 bits per heavy atom. The van der Waals surface area contributed by atoms with Gasteiger partial charge < -0.3 is 15.5 Å². The fourth-order valence-electron chi connectivity index (χ4n) is 3.24. The second-order valence-corrected chi connectivity index (χ2v) is 8.30. The van der Waals surface area contributed by atoms with Gasteiger partial charge in [-0.25, -0.2) is 9.98 Å². The standard InChI is InChI=1S/C18H30F3N5S.HI/c1-4-22-17(24-9-16-25-15(12-27-16)18(19,20)21)23-8-14-6-5-7-26(11-14)10-13(2)3;/h12-14H,4-11H2,1-3H3,(H2,22,23,24);1H. The number of hydrogen-bond acceptors (Lipinski definition) is 4. The number of nitrogens with one attached hydrogen (secondary N) is 2. The Hall–Kier alpha value is -0.620. The Balaban J connectivity index is 0.00000392. The van der Waals surface area contributed by atoms with E-state index in [1.165, 1.54) is 12.8 Å². The van der Waals surface area contributed by atoms with Crippen molar-refractivity contribution in [3.63, 3.8) is 0 Å². The van der Waals surface area contributed by atoms with Gasteiger partial charge in [0.15, 0.2) is 11.7 Å². The summed E-state index contributed by atoms with van der Waals surface area (Å²) in [5.74, 6) is 1.84. The zero-order chi connectivity index (χ0) is 19.9. The molecular formula is C18H31F3IN5S. The summed E-state index contributed by atoms with van der Waals surface area (Å²) >= 11 is 0.988. The molecule has 0 amide bonds. The second-order valence-electron chi connectivity index (χ2n) is 7.36. The van der Waals surface area contributed by atoms with Crippen LogP contribution in [0.5, 0.6) is 0 Å². The van der Waals surface area contributed by atoms with Gasteiger partial charge in [0, 0.05) is 31.6 Å². The molecule has 0 spiro atoms. The van der Waals surface area contributed by atoms with Crippen LogP contribution in [0.2, 0.25) is 0 Å². The number of guanidine groups is 1. The first-order valence-corrected chi connectivity index (χ1v) is 10.4. The van der Waals surface area contributed by atoms with Gasteiger partial charge in [0.1, 0.15) is 5.01 Å². The summed E-state index contributed by atoms with van der Waals surface area (Å²) in [5.41, 5.74) is -0.844. The number of nitrogens with zero attached hydrogens (tertiary/aromatic N) is 3. The molecule has 0 aliphatic carbocycles. The van der Waals surface area contributed by atoms with E-state index in [4.69, 9.17) is 0 Å². The SMILES string of the molecule is CCNC(=NCc1nc(C(F)(F)F)cs1)NCC1CCCN(CC(C)C)C1.I. The summed E-state index contributed by atoms with van der Waals surface area (Å²) in [5, 5.41) is 7.89. The molecule has 1 aliphatic rings. The number of halogens is 4. The van der Waals surface area contributed by atoms with Crippen molar-refractivity contribution in [1.29, 1.82) is 0 Å². The summed E-state index contributed by atoms with van der Waals surface area (Å²) in [4.78, 5) is 10.5. The fraction of sp³-hybridized carbons (Fsp3) is 0.778. The number of thiazole rings is 1. The van der Waals surface area contributed by atoms with E-state index in [9.17, 15) is 13.2 Å². The summed E-state index contributed by atoms with van der Waals surface area (Å²) in [6.45, 7) is 11.4. The van der Waals surface area contributed by atoms with Crippen LogP contribution < -0.4 is 10.6 Å². The van der Waals surface area contributed by atoms with E-state index in [-0.39, 0.29) is 30.5 Å². The fourth-order valence-corrected chi connectivity index (χ4v) is 3.97. The average Bonchev–Trinajstić information content (AvgIpc) is 3.06. The van der Waals surface area contributed by atoms with Crippen LogP contribution in [-0.4, -0.2) is 48.6 Å². The van der Waals surface area contributed by atoms with Crippen LogP contribution in [0, 0.1) is 11.8 Å². The molecule has 0 aromatic carbocycles. The molecule has 0 bridgehead atoms. The van der Waals surface area contributed by atoms with Gasteiger partial charge in [-0.05, 0) is 38.1 Å². The molecule has 1 atom stereocenters. The topological polar surface area (TPSA) is 52.6 Å². The normalized spacial score (nSPS) is 18.8. The molecule has 1 aromatic heterocycles. The molecule has 0 saturated carbocycles. The summed E-state index contributed by atoms with van der Waals surface area (Å²) in [6.07, 6.45) is -2.02. The van der Waals surface area contributed by atoms with E-state index in [1.54, 1.807) is 0 Å². The number of piperidine rings is 1. The Morgan fingerprint density at radius 3 is 2.75 bits per heavy atom. The van der Waals surface area contributed by atoms with E-state index in [2.05, 4.69) is 39.4 Å². The van der Waals surface area contributed by atoms with Gasteiger partial charge in [-0.2, -0.15) is 13.2 Å². The third-order valence-corrected chi connectivity index (χ3v) is 5.18. The van der Waals surface area contributed by atoms with Crippen molar-refractivity contribution >= 4 is 41.3 Å². The summed E-state index contributed by atoms with van der Waals surface area (Å²) < 4.78 is 37.9. The Labute approximate surface area is 186 Å². The van der Waals surface area contributed by atoms with Gasteiger partial charge in [-0.15, -0.1) is 35.3 Å². The molecule has 5 nitrogen and oxygen atoms in total. The number of aromatic nitrogens is 1. The summed E-state index contributed by atoms with van der Waals surface area (Å²) in [6, 6.07) is 0. The zero-order valence-electron chi connectivity index (χ0n) is 16.7. The van der Waals surface area contributed by atoms with Crippen molar-refractivity contribution in [2.24, 2.45) is 16.8 Å². The monoisotopic (exact) mass is 533 g/mol. The molecule has 1 fully saturated rings. The van der Waals surface area contributed by atoms with E-state index in [1.807, 2.05) is 6.92 Å². The highest BCUT2D eigenvalue weighted by Crippen LogP contribution is 2.30. The predicted molar refractivity (Wildman–Crippen MR) is 119 cm³/mol. The second kappa shape index (κ2) is 12.2. The van der Waals surface area contributed by atoms with Crippen molar-refractivity contribution in [2.75, 3.05) is 32.7 Å². The Bertz CT molecular complexity index is 606. The van der Waals surface area contributed by atoms with Crippen LogP contribution in [0.3, 0.4) is 0 Å². The van der Waals surface area contributed by atoms with Crippen molar-refractivity contribution in [2.45, 2.75) is 46.3 Å². The molecular weight excluding hydrogens is 502 g/mol. The Morgan fingerprint density at radius 2 is 2.14 bits per heavy atom. The van der Waals surface area contributed by atoms with Crippen LogP contribution in [0.25, 0.3) is 0 Å². The maximum atomic E-state index is 12.6. The highest BCUT2D eigenvalue weighted by molar-refractivity contribution is 14.0. The van der Waals surface area contributed by atoms with Crippen LogP contribution in [0.4, 0.5) is 13.2 Å². The van der Waals surface area contributed by atoms with Gasteiger partial charge in [0.2, 0.25) is 0 Å². The first kappa shape index (κ1) is 25.4. The molecule has 162 valence electrons. The molecule has 2 heterocycles. The zero-order valence-corrected chi connectivity index (χ0v) is 19.8. The third kappa shape index (κ3) is 8.81. The van der Waals surface area contributed by atoms with Gasteiger partial charge in [-0.3, -0.25) is 0 Å². The molecule has 2 N–H and O–H groups in total. The first-order valence-electron chi connectivity index (χ1n) is 9.54. The highest BCUT2D eigenvalue weighted by Gasteiger charge is 2.33. The minimum atomic E-state index is -4.40. The highest BCUT2D eigenvalue weighted by atomic mass is 127. The van der Waals surface area contributed by atoms with Crippen LogP contribution >= 0.6 is 35.3 Å². The summed E-state index contributed by atoms with van der Waals surface area (Å²) in [7, 11) is 0. The van der Waals surface area contributed by atoms with Crippen molar-refractivity contribution < 1.29 is 13.2 Å². The molecule has 10 heteroatoms. The number of likely N-dealkylation sites (tertiary alicyclic amines) is 1. The van der Waals surface area contributed by atoms with Gasteiger partial charge in [0.25, 0.3) is 0 Å². The molecule has 0 radical (unpaired) electrons. The number of hydrogen-bond donors (Lipinski definition) is 2. The van der Waals surface area contributed by atoms with E-state index in [0.29, 0.717) is 29.3 Å². The third-order valence-electron chi connectivity index (χ3n) is 4.34. The lowest BCUT2D eigenvalue weighted by Crippen LogP contribution is -2.45. The van der Waals surface area contributed by atoms with Crippen molar-refractivity contribution in [3.8, 4) is 0 Å². The predicted octanol–water partition coefficient (Wildman–Crippen LogP) is 4.20. The molecule has 1 saturated heterocycles. The van der Waals surface area contributed by atoms with Crippen LogP contribution in [-0.2, 0) is 12.7 Å². The van der Waals surface area contributed by atoms with E-state index >= 15 is 0 Å². The quantitative estimate of drug-likeness (QED) is 0.314. The molecule has 2 rings (SSSR count). The van der Waals surface area contributed by atoms with Gasteiger partial charge in [0.05, 0.1) is 6.54 Å². The molecule has 1 aliphatic heterocycles. The number of aliphatic imine (C=N–C) groups is 1. The maximum Gasteiger partial charge on any atom is 0.434 e. The molecule has 1 unspecified atom stereocenters. The number of rotatable bonds is 7. The average molecular weight is 533 g/mol.